The van der Waals surface area contributed by atoms with Crippen LogP contribution in [-0.2, 0) is 0 Å². The molecule has 68 valence electrons. The van der Waals surface area contributed by atoms with Crippen LogP contribution in [0.3, 0.4) is 0 Å². The number of hydrazone groups is 1. The molecule has 1 unspecified atom stereocenters. The van der Waals surface area contributed by atoms with Gasteiger partial charge in [0.1, 0.15) is 6.54 Å². The van der Waals surface area contributed by atoms with Gasteiger partial charge in [0, 0.05) is 7.05 Å². The Balaban J connectivity index is 2.72. The van der Waals surface area contributed by atoms with Crippen LogP contribution in [-0.4, -0.2) is 49.2 Å². The fourth-order valence-corrected chi connectivity index (χ4v) is 0.796. The van der Waals surface area contributed by atoms with Gasteiger partial charge in [-0.05, 0) is 0 Å². The molecule has 0 spiro atoms. The van der Waals surface area contributed by atoms with E-state index >= 15 is 0 Å². The standard InChI is InChI=1S/C6H12N4O2/c1-9-6(11)7-3-4-10(2,12)5-8-9/h5H,3-4H2,1-2H3,(H,7,11). The molecule has 1 atom stereocenters. The first kappa shape index (κ1) is 8.95. The predicted octanol–water partition coefficient (Wildman–Crippen LogP) is -0.471. The van der Waals surface area contributed by atoms with Crippen molar-refractivity contribution < 1.29 is 9.44 Å². The Morgan fingerprint density at radius 1 is 1.83 bits per heavy atom. The third kappa shape index (κ3) is 2.18. The van der Waals surface area contributed by atoms with E-state index in [-0.39, 0.29) is 6.03 Å². The Morgan fingerprint density at radius 3 is 3.17 bits per heavy atom. The van der Waals surface area contributed by atoms with Gasteiger partial charge < -0.3 is 15.2 Å². The topological polar surface area (TPSA) is 67.8 Å². The molecule has 0 fully saturated rings. The predicted molar refractivity (Wildman–Crippen MR) is 44.1 cm³/mol. The molecule has 1 heterocycles. The zero-order chi connectivity index (χ0) is 9.19. The number of quaternary nitrogens is 1. The lowest BCUT2D eigenvalue weighted by molar-refractivity contribution is -0.759. The highest BCUT2D eigenvalue weighted by atomic mass is 16.5. The van der Waals surface area contributed by atoms with Crippen LogP contribution >= 0.6 is 0 Å². The maximum atomic E-state index is 11.4. The second-order valence-electron chi connectivity index (χ2n) is 2.88. The monoisotopic (exact) mass is 172 g/mol. The largest absolute Gasteiger partial charge is 0.627 e. The van der Waals surface area contributed by atoms with E-state index in [1.54, 1.807) is 0 Å². The smallest absolute Gasteiger partial charge is 0.337 e. The van der Waals surface area contributed by atoms with Crippen molar-refractivity contribution in [3.8, 4) is 0 Å². The summed E-state index contributed by atoms with van der Waals surface area (Å²) in [5.74, 6) is 0. The summed E-state index contributed by atoms with van der Waals surface area (Å²) < 4.78 is -0.565. The molecule has 1 N–H and O–H groups in total. The first-order chi connectivity index (χ1) is 5.51. The van der Waals surface area contributed by atoms with Crippen LogP contribution in [0.4, 0.5) is 4.79 Å². The van der Waals surface area contributed by atoms with Crippen LogP contribution in [0, 0.1) is 5.21 Å². The number of hydrogen-bond acceptors (Lipinski definition) is 3. The van der Waals surface area contributed by atoms with Gasteiger partial charge >= 0.3 is 6.03 Å². The molecule has 0 aromatic carbocycles. The van der Waals surface area contributed by atoms with Crippen molar-refractivity contribution in [2.24, 2.45) is 5.10 Å². The van der Waals surface area contributed by atoms with Gasteiger partial charge in [0.05, 0.1) is 13.6 Å². The number of nitrogens with one attached hydrogen (secondary N) is 1. The van der Waals surface area contributed by atoms with Crippen molar-refractivity contribution >= 4 is 12.4 Å². The van der Waals surface area contributed by atoms with Gasteiger partial charge in [0.2, 0.25) is 6.34 Å². The summed E-state index contributed by atoms with van der Waals surface area (Å²) >= 11 is 0. The van der Waals surface area contributed by atoms with E-state index in [1.807, 2.05) is 0 Å². The van der Waals surface area contributed by atoms with Crippen LogP contribution in [0.25, 0.3) is 0 Å². The van der Waals surface area contributed by atoms with E-state index in [1.165, 1.54) is 20.4 Å². The molecule has 6 nitrogen and oxygen atoms in total. The Labute approximate surface area is 70.6 Å². The van der Waals surface area contributed by atoms with E-state index in [4.69, 9.17) is 0 Å². The Bertz CT molecular complexity index is 214. The third-order valence-electron chi connectivity index (χ3n) is 1.60. The van der Waals surface area contributed by atoms with Gasteiger partial charge in [-0.3, -0.25) is 0 Å². The van der Waals surface area contributed by atoms with Gasteiger partial charge in [-0.15, -0.1) is 5.10 Å². The number of urea groups is 1. The van der Waals surface area contributed by atoms with Crippen LogP contribution in [0.15, 0.2) is 5.10 Å². The van der Waals surface area contributed by atoms with Crippen LogP contribution < -0.4 is 5.32 Å². The molecule has 6 heteroatoms. The number of rotatable bonds is 0. The zero-order valence-corrected chi connectivity index (χ0v) is 7.15. The van der Waals surface area contributed by atoms with Gasteiger partial charge in [-0.2, -0.15) is 0 Å². The molecular weight excluding hydrogens is 160 g/mol. The number of hydrogen-bond donors (Lipinski definition) is 1. The molecule has 0 radical (unpaired) electrons. The maximum absolute atomic E-state index is 11.4. The summed E-state index contributed by atoms with van der Waals surface area (Å²) in [4.78, 5) is 11.0. The van der Waals surface area contributed by atoms with Crippen molar-refractivity contribution in [3.63, 3.8) is 0 Å². The number of hydroxylamine groups is 3. The number of carbonyl (C=O) groups excluding carboxylic acids is 1. The molecule has 0 aromatic heterocycles. The molecule has 1 rings (SSSR count). The van der Waals surface area contributed by atoms with Crippen molar-refractivity contribution in [1.82, 2.24) is 10.3 Å². The maximum Gasteiger partial charge on any atom is 0.337 e. The number of nitrogens with zero attached hydrogens (tertiary/aromatic N) is 3. The van der Waals surface area contributed by atoms with Gasteiger partial charge in [0.15, 0.2) is 0 Å². The Kier molecular flexibility index (Phi) is 2.30. The van der Waals surface area contributed by atoms with Crippen LogP contribution in [0.5, 0.6) is 0 Å². The summed E-state index contributed by atoms with van der Waals surface area (Å²) in [5, 5.41) is 18.7. The lowest BCUT2D eigenvalue weighted by Gasteiger charge is -2.34. The van der Waals surface area contributed by atoms with Crippen molar-refractivity contribution in [3.05, 3.63) is 5.21 Å². The summed E-state index contributed by atoms with van der Waals surface area (Å²) in [5.41, 5.74) is 0. The first-order valence-electron chi connectivity index (χ1n) is 3.64. The molecule has 1 aliphatic heterocycles. The number of amides is 2. The quantitative estimate of drug-likeness (QED) is 0.396. The van der Waals surface area contributed by atoms with Gasteiger partial charge in [0.25, 0.3) is 0 Å². The summed E-state index contributed by atoms with van der Waals surface area (Å²) in [7, 11) is 2.98. The molecule has 0 saturated heterocycles. The van der Waals surface area contributed by atoms with E-state index in [9.17, 15) is 10.0 Å². The fourth-order valence-electron chi connectivity index (χ4n) is 0.796. The number of likely N-dealkylation sites (N-methyl/N-ethyl adjacent to an activating group) is 1. The Morgan fingerprint density at radius 2 is 2.50 bits per heavy atom. The van der Waals surface area contributed by atoms with E-state index in [0.29, 0.717) is 13.1 Å². The average molecular weight is 172 g/mol. The summed E-state index contributed by atoms with van der Waals surface area (Å²) in [6.07, 6.45) is 1.21. The zero-order valence-electron chi connectivity index (χ0n) is 7.15. The first-order valence-corrected chi connectivity index (χ1v) is 3.64. The molecule has 1 aliphatic rings. The minimum absolute atomic E-state index is 0.286. The minimum Gasteiger partial charge on any atom is -0.627 e. The van der Waals surface area contributed by atoms with Crippen molar-refractivity contribution in [1.29, 1.82) is 0 Å². The minimum atomic E-state index is -0.565. The van der Waals surface area contributed by atoms with Crippen LogP contribution in [0.2, 0.25) is 0 Å². The highest BCUT2D eigenvalue weighted by Gasteiger charge is 2.14. The van der Waals surface area contributed by atoms with Crippen LogP contribution in [0.1, 0.15) is 0 Å². The van der Waals surface area contributed by atoms with E-state index < -0.39 is 4.65 Å². The highest BCUT2D eigenvalue weighted by Crippen LogP contribution is 1.97. The molecule has 0 bridgehead atoms. The lowest BCUT2D eigenvalue weighted by Crippen LogP contribution is -2.48. The van der Waals surface area contributed by atoms with E-state index in [2.05, 4.69) is 10.4 Å². The molecule has 0 aromatic rings. The lowest BCUT2D eigenvalue weighted by atomic mass is 10.5. The molecule has 12 heavy (non-hydrogen) atoms. The van der Waals surface area contributed by atoms with Crippen molar-refractivity contribution in [2.45, 2.75) is 0 Å². The fraction of sp³-hybridized carbons (Fsp3) is 0.667. The third-order valence-corrected chi connectivity index (χ3v) is 1.60. The average Bonchev–Trinajstić information content (AvgIpc) is 1.98. The molecule has 0 aliphatic carbocycles. The highest BCUT2D eigenvalue weighted by molar-refractivity contribution is 5.74. The number of carbonyl (C=O) groups is 1. The summed E-state index contributed by atoms with van der Waals surface area (Å²) in [6, 6.07) is -0.286. The summed E-state index contributed by atoms with van der Waals surface area (Å²) in [6.45, 7) is 0.679. The van der Waals surface area contributed by atoms with Gasteiger partial charge in [-0.25, -0.2) is 9.80 Å². The SMILES string of the molecule is CN1N=C[N+](C)([O-])CCNC1=O. The second-order valence-corrected chi connectivity index (χ2v) is 2.88. The Hall–Kier alpha value is -1.14. The van der Waals surface area contributed by atoms with Crippen molar-refractivity contribution in [2.75, 3.05) is 27.2 Å². The molecule has 0 saturated carbocycles. The normalized spacial score (nSPS) is 30.9. The van der Waals surface area contributed by atoms with Gasteiger partial charge in [-0.1, -0.05) is 0 Å². The van der Waals surface area contributed by atoms with E-state index in [0.717, 1.165) is 5.01 Å². The second kappa shape index (κ2) is 3.08. The molecule has 2 amide bonds. The molecular formula is C6H12N4O2.